The summed E-state index contributed by atoms with van der Waals surface area (Å²) in [6, 6.07) is -0.804. The minimum Gasteiger partial charge on any atom is -0.466 e. The summed E-state index contributed by atoms with van der Waals surface area (Å²) in [5, 5.41) is 54.3. The number of esters is 1. The molecular formula is C79H149NO10. The second kappa shape index (κ2) is 68.3. The van der Waals surface area contributed by atoms with Crippen molar-refractivity contribution in [3.05, 3.63) is 36.5 Å². The van der Waals surface area contributed by atoms with Crippen molar-refractivity contribution in [1.29, 1.82) is 0 Å². The highest BCUT2D eigenvalue weighted by Gasteiger charge is 2.44. The Balaban J connectivity index is 1.84. The Labute approximate surface area is 555 Å². The molecule has 0 aromatic carbocycles. The van der Waals surface area contributed by atoms with E-state index in [1.165, 1.54) is 302 Å². The van der Waals surface area contributed by atoms with Gasteiger partial charge in [0.1, 0.15) is 24.4 Å². The Kier molecular flexibility index (Phi) is 65.2. The molecule has 0 saturated carbocycles. The summed E-state index contributed by atoms with van der Waals surface area (Å²) in [4.78, 5) is 25.1. The number of hydrogen-bond acceptors (Lipinski definition) is 10. The molecule has 0 bridgehead atoms. The number of nitrogens with one attached hydrogen (secondary N) is 1. The van der Waals surface area contributed by atoms with E-state index in [0.717, 1.165) is 64.2 Å². The van der Waals surface area contributed by atoms with Crippen molar-refractivity contribution >= 4 is 11.9 Å². The van der Waals surface area contributed by atoms with Crippen LogP contribution < -0.4 is 5.32 Å². The van der Waals surface area contributed by atoms with Crippen molar-refractivity contribution in [1.82, 2.24) is 5.32 Å². The molecule has 0 radical (unpaired) electrons. The van der Waals surface area contributed by atoms with E-state index in [4.69, 9.17) is 14.2 Å². The van der Waals surface area contributed by atoms with Crippen LogP contribution in [0.3, 0.4) is 0 Å². The molecule has 7 atom stereocenters. The number of unbranched alkanes of at least 4 members (excludes halogenated alkanes) is 52. The first-order valence-corrected chi connectivity index (χ1v) is 39.3. The average molecular weight is 1270 g/mol. The van der Waals surface area contributed by atoms with Crippen molar-refractivity contribution in [2.24, 2.45) is 0 Å². The first-order valence-electron chi connectivity index (χ1n) is 39.3. The van der Waals surface area contributed by atoms with Crippen LogP contribution in [0, 0.1) is 0 Å². The van der Waals surface area contributed by atoms with Gasteiger partial charge in [-0.05, 0) is 64.2 Å². The van der Waals surface area contributed by atoms with Gasteiger partial charge in [-0.3, -0.25) is 9.59 Å². The standard InChI is InChI=1S/C79H149NO10/c1-3-5-7-9-11-13-14-15-16-41-44-47-51-55-59-63-67-75(84)88-68-64-60-56-52-48-45-42-39-37-35-33-31-29-27-25-23-21-19-17-18-20-22-24-26-28-30-32-34-36-38-40-43-46-50-54-58-62-66-74(83)80-71(72(82)65-61-57-53-49-12-10-8-6-4-2)70-89-79-78(87)77(86)76(85)73(69-81)90-79/h13-14,16,41,61,65,71-73,76-79,81-82,85-87H,3-12,15,17-40,42-60,62-64,66-70H2,1-2H3,(H,80,83)/b14-13-,41-16-,65-61+. The first kappa shape index (κ1) is 85.9. The van der Waals surface area contributed by atoms with Gasteiger partial charge in [0.15, 0.2) is 6.29 Å². The van der Waals surface area contributed by atoms with E-state index >= 15 is 0 Å². The molecule has 1 saturated heterocycles. The van der Waals surface area contributed by atoms with Crippen LogP contribution in [-0.4, -0.2) is 100 Å². The number of amides is 1. The summed E-state index contributed by atoms with van der Waals surface area (Å²) in [7, 11) is 0. The zero-order valence-electron chi connectivity index (χ0n) is 59.1. The number of aliphatic hydroxyl groups is 5. The predicted octanol–water partition coefficient (Wildman–Crippen LogP) is 20.9. The van der Waals surface area contributed by atoms with Crippen molar-refractivity contribution in [3.63, 3.8) is 0 Å². The van der Waals surface area contributed by atoms with Gasteiger partial charge in [-0.2, -0.15) is 0 Å². The van der Waals surface area contributed by atoms with E-state index in [0.29, 0.717) is 19.4 Å². The molecule has 7 unspecified atom stereocenters. The van der Waals surface area contributed by atoms with Gasteiger partial charge in [0.05, 0.1) is 32.0 Å². The number of carbonyl (C=O) groups is 2. The van der Waals surface area contributed by atoms with E-state index in [1.54, 1.807) is 6.08 Å². The molecule has 90 heavy (non-hydrogen) atoms. The predicted molar refractivity (Wildman–Crippen MR) is 380 cm³/mol. The fourth-order valence-electron chi connectivity index (χ4n) is 12.6. The van der Waals surface area contributed by atoms with Crippen LogP contribution in [-0.2, 0) is 23.8 Å². The topological polar surface area (TPSA) is 175 Å². The molecule has 0 aromatic heterocycles. The Morgan fingerprint density at radius 1 is 0.411 bits per heavy atom. The van der Waals surface area contributed by atoms with E-state index in [1.807, 2.05) is 6.08 Å². The number of aliphatic hydroxyl groups excluding tert-OH is 5. The molecule has 1 aliphatic heterocycles. The Morgan fingerprint density at radius 3 is 1.13 bits per heavy atom. The third-order valence-corrected chi connectivity index (χ3v) is 18.7. The lowest BCUT2D eigenvalue weighted by molar-refractivity contribution is -0.302. The van der Waals surface area contributed by atoms with Crippen molar-refractivity contribution in [2.75, 3.05) is 19.8 Å². The van der Waals surface area contributed by atoms with Gasteiger partial charge in [0, 0.05) is 12.8 Å². The number of ether oxygens (including phenoxy) is 3. The Morgan fingerprint density at radius 2 is 0.744 bits per heavy atom. The van der Waals surface area contributed by atoms with Gasteiger partial charge in [0.25, 0.3) is 0 Å². The number of allylic oxidation sites excluding steroid dienone is 5. The monoisotopic (exact) mass is 1270 g/mol. The summed E-state index contributed by atoms with van der Waals surface area (Å²) >= 11 is 0. The molecule has 0 spiro atoms. The zero-order chi connectivity index (χ0) is 65.1. The second-order valence-electron chi connectivity index (χ2n) is 27.4. The quantitative estimate of drug-likeness (QED) is 0.0195. The van der Waals surface area contributed by atoms with Crippen LogP contribution in [0.5, 0.6) is 0 Å². The highest BCUT2D eigenvalue weighted by molar-refractivity contribution is 5.76. The Hall–Kier alpha value is -2.12. The third kappa shape index (κ3) is 56.2. The lowest BCUT2D eigenvalue weighted by atomic mass is 9.99. The van der Waals surface area contributed by atoms with Gasteiger partial charge >= 0.3 is 5.97 Å². The fraction of sp³-hybridized carbons (Fsp3) is 0.899. The maximum absolute atomic E-state index is 13.0. The molecule has 1 amide bonds. The minimum absolute atomic E-state index is 0.00413. The van der Waals surface area contributed by atoms with E-state index in [9.17, 15) is 35.1 Å². The smallest absolute Gasteiger partial charge is 0.305 e. The van der Waals surface area contributed by atoms with Crippen LogP contribution >= 0.6 is 0 Å². The van der Waals surface area contributed by atoms with Gasteiger partial charge in [-0.15, -0.1) is 0 Å². The van der Waals surface area contributed by atoms with Gasteiger partial charge in [-0.1, -0.05) is 352 Å². The molecule has 1 heterocycles. The van der Waals surface area contributed by atoms with Crippen LogP contribution in [0.15, 0.2) is 36.5 Å². The SMILES string of the molecule is CCCCCC/C=C\C/C=C\CCCCCCCC(=O)OCCCCCCCCCCCCCCCCCCCCCCCCCCCCCCCCCCCCCCCC(=O)NC(COC1OC(CO)C(O)C(O)C1O)C(O)/C=C/CCCCCCCCC. The maximum Gasteiger partial charge on any atom is 0.305 e. The summed E-state index contributed by atoms with van der Waals surface area (Å²) in [5.41, 5.74) is 0. The number of hydrogen-bond donors (Lipinski definition) is 6. The van der Waals surface area contributed by atoms with Gasteiger partial charge in [-0.25, -0.2) is 0 Å². The van der Waals surface area contributed by atoms with Gasteiger partial charge in [0.2, 0.25) is 5.91 Å². The lowest BCUT2D eigenvalue weighted by Gasteiger charge is -2.40. The van der Waals surface area contributed by atoms with E-state index < -0.39 is 49.5 Å². The highest BCUT2D eigenvalue weighted by atomic mass is 16.7. The zero-order valence-corrected chi connectivity index (χ0v) is 59.1. The molecular weight excluding hydrogens is 1120 g/mol. The van der Waals surface area contributed by atoms with E-state index in [-0.39, 0.29) is 18.5 Å². The minimum atomic E-state index is -1.57. The van der Waals surface area contributed by atoms with Crippen molar-refractivity contribution in [3.8, 4) is 0 Å². The first-order chi connectivity index (χ1) is 44.2. The van der Waals surface area contributed by atoms with Crippen molar-refractivity contribution < 1.29 is 49.3 Å². The van der Waals surface area contributed by atoms with E-state index in [2.05, 4.69) is 43.5 Å². The Bertz CT molecular complexity index is 1590. The molecule has 11 nitrogen and oxygen atoms in total. The summed E-state index contributed by atoms with van der Waals surface area (Å²) in [6.45, 7) is 4.34. The largest absolute Gasteiger partial charge is 0.466 e. The van der Waals surface area contributed by atoms with Crippen LogP contribution in [0.4, 0.5) is 0 Å². The van der Waals surface area contributed by atoms with Gasteiger partial charge < -0.3 is 45.1 Å². The molecule has 1 fully saturated rings. The molecule has 530 valence electrons. The molecule has 6 N–H and O–H groups in total. The maximum atomic E-state index is 13.0. The second-order valence-corrected chi connectivity index (χ2v) is 27.4. The van der Waals surface area contributed by atoms with Crippen LogP contribution in [0.2, 0.25) is 0 Å². The molecule has 1 aliphatic rings. The lowest BCUT2D eigenvalue weighted by Crippen LogP contribution is -2.60. The highest BCUT2D eigenvalue weighted by Crippen LogP contribution is 2.24. The van der Waals surface area contributed by atoms with Crippen LogP contribution in [0.25, 0.3) is 0 Å². The average Bonchev–Trinajstić information content (AvgIpc) is 1.55. The molecule has 0 aromatic rings. The normalized spacial score (nSPS) is 17.8. The molecule has 11 heteroatoms. The summed E-state index contributed by atoms with van der Waals surface area (Å²) < 4.78 is 16.7. The summed E-state index contributed by atoms with van der Waals surface area (Å²) in [6.07, 6.45) is 79.1. The molecule has 0 aliphatic carbocycles. The number of carbonyl (C=O) groups excluding carboxylic acids is 2. The number of rotatable bonds is 70. The third-order valence-electron chi connectivity index (χ3n) is 18.7. The van der Waals surface area contributed by atoms with Crippen molar-refractivity contribution in [2.45, 2.75) is 436 Å². The summed E-state index contributed by atoms with van der Waals surface area (Å²) in [5.74, 6) is -0.172. The fourth-order valence-corrected chi connectivity index (χ4v) is 12.6. The molecule has 1 rings (SSSR count). The van der Waals surface area contributed by atoms with Crippen LogP contribution in [0.1, 0.15) is 393 Å².